The first-order valence-corrected chi connectivity index (χ1v) is 10.5. The molecule has 144 valence electrons. The van der Waals surface area contributed by atoms with Crippen LogP contribution in [0.5, 0.6) is 0 Å². The van der Waals surface area contributed by atoms with Gasteiger partial charge in [0, 0.05) is 6.04 Å². The normalized spacial score (nSPS) is 13.7. The number of carbonyl (C=O) groups excluding carboxylic acids is 1. The summed E-state index contributed by atoms with van der Waals surface area (Å²) < 4.78 is 1.74. The second kappa shape index (κ2) is 7.60. The summed E-state index contributed by atoms with van der Waals surface area (Å²) in [4.78, 5) is 30.0. The molecule has 1 amide bonds. The van der Waals surface area contributed by atoms with Gasteiger partial charge >= 0.3 is 0 Å². The van der Waals surface area contributed by atoms with Crippen molar-refractivity contribution in [1.82, 2.24) is 9.55 Å². The largest absolute Gasteiger partial charge is 0.324 e. The van der Waals surface area contributed by atoms with Crippen molar-refractivity contribution in [2.75, 3.05) is 11.1 Å². The Morgan fingerprint density at radius 3 is 2.75 bits per heavy atom. The highest BCUT2D eigenvalue weighted by molar-refractivity contribution is 7.99. The molecule has 0 saturated heterocycles. The molecule has 0 unspecified atom stereocenters. The molecule has 1 N–H and O–H groups in total. The summed E-state index contributed by atoms with van der Waals surface area (Å²) in [6.45, 7) is 3.88. The zero-order valence-corrected chi connectivity index (χ0v) is 17.2. The number of para-hydroxylation sites is 1. The number of hydrogen-bond acceptors (Lipinski definition) is 4. The van der Waals surface area contributed by atoms with Gasteiger partial charge in [0.25, 0.3) is 5.56 Å². The van der Waals surface area contributed by atoms with Crippen LogP contribution in [0.1, 0.15) is 30.0 Å². The fraction of sp³-hybridized carbons (Fsp3) is 0.286. The van der Waals surface area contributed by atoms with Crippen LogP contribution >= 0.6 is 23.4 Å². The zero-order valence-electron chi connectivity index (χ0n) is 15.7. The molecule has 1 aliphatic carbocycles. The van der Waals surface area contributed by atoms with Crippen LogP contribution in [0.25, 0.3) is 10.9 Å². The van der Waals surface area contributed by atoms with Gasteiger partial charge in [0.1, 0.15) is 0 Å². The van der Waals surface area contributed by atoms with Gasteiger partial charge in [-0.25, -0.2) is 4.98 Å². The van der Waals surface area contributed by atoms with Crippen LogP contribution in [0.2, 0.25) is 5.02 Å². The average molecular weight is 414 g/mol. The van der Waals surface area contributed by atoms with Crippen LogP contribution < -0.4 is 10.9 Å². The smallest absolute Gasteiger partial charge is 0.262 e. The minimum absolute atomic E-state index is 0.0339. The molecule has 1 aromatic heterocycles. The number of thioether (sulfide) groups is 1. The van der Waals surface area contributed by atoms with Crippen molar-refractivity contribution in [2.24, 2.45) is 0 Å². The van der Waals surface area contributed by atoms with Gasteiger partial charge < -0.3 is 5.32 Å². The van der Waals surface area contributed by atoms with E-state index < -0.39 is 0 Å². The number of nitrogens with one attached hydrogen (secondary N) is 1. The van der Waals surface area contributed by atoms with E-state index in [1.165, 1.54) is 11.8 Å². The van der Waals surface area contributed by atoms with Gasteiger partial charge in [-0.15, -0.1) is 0 Å². The molecule has 0 aliphatic heterocycles. The standard InChI is InChI=1S/C21H20ClN3O2S/c1-12-9-13(2)19(16(22)10-12)24-18(26)11-28-21-23-17-6-4-3-5-15(17)20(27)25(21)14-7-8-14/h3-6,9-10,14H,7-8,11H2,1-2H3,(H,24,26). The molecule has 1 heterocycles. The van der Waals surface area contributed by atoms with Gasteiger partial charge in [-0.2, -0.15) is 0 Å². The molecule has 2 aromatic carbocycles. The highest BCUT2D eigenvalue weighted by Gasteiger charge is 2.28. The predicted molar refractivity (Wildman–Crippen MR) is 115 cm³/mol. The van der Waals surface area contributed by atoms with E-state index in [2.05, 4.69) is 10.3 Å². The lowest BCUT2D eigenvalue weighted by molar-refractivity contribution is -0.113. The lowest BCUT2D eigenvalue weighted by Crippen LogP contribution is -2.23. The maximum Gasteiger partial charge on any atom is 0.262 e. The first kappa shape index (κ1) is 19.0. The molecule has 7 heteroatoms. The van der Waals surface area contributed by atoms with E-state index in [0.29, 0.717) is 26.8 Å². The molecule has 0 radical (unpaired) electrons. The Labute approximate surface area is 172 Å². The number of aromatic nitrogens is 2. The molecule has 28 heavy (non-hydrogen) atoms. The number of nitrogens with zero attached hydrogens (tertiary/aromatic N) is 2. The molecule has 0 spiro atoms. The first-order chi connectivity index (χ1) is 13.4. The van der Waals surface area contributed by atoms with Gasteiger partial charge in [0.15, 0.2) is 5.16 Å². The van der Waals surface area contributed by atoms with Gasteiger partial charge in [-0.3, -0.25) is 14.2 Å². The van der Waals surface area contributed by atoms with Crippen molar-refractivity contribution in [3.05, 3.63) is 62.9 Å². The third-order valence-electron chi connectivity index (χ3n) is 4.72. The van der Waals surface area contributed by atoms with Crippen molar-refractivity contribution in [2.45, 2.75) is 37.9 Å². The van der Waals surface area contributed by atoms with E-state index >= 15 is 0 Å². The SMILES string of the molecule is Cc1cc(C)c(NC(=O)CSc2nc3ccccc3c(=O)n2C2CC2)c(Cl)c1. The minimum Gasteiger partial charge on any atom is -0.324 e. The third kappa shape index (κ3) is 3.80. The molecule has 0 bridgehead atoms. The fourth-order valence-corrected chi connectivity index (χ4v) is 4.50. The van der Waals surface area contributed by atoms with Crippen molar-refractivity contribution in [3.8, 4) is 0 Å². The van der Waals surface area contributed by atoms with Crippen LogP contribution in [0.3, 0.4) is 0 Å². The Balaban J connectivity index is 1.57. The number of anilines is 1. The molecule has 0 atom stereocenters. The van der Waals surface area contributed by atoms with E-state index in [0.717, 1.165) is 24.0 Å². The second-order valence-electron chi connectivity index (χ2n) is 7.09. The number of carbonyl (C=O) groups is 1. The van der Waals surface area contributed by atoms with Crippen LogP contribution in [0.4, 0.5) is 5.69 Å². The molecule has 1 aliphatic rings. The van der Waals surface area contributed by atoms with Crippen LogP contribution in [0, 0.1) is 13.8 Å². The van der Waals surface area contributed by atoms with Gasteiger partial charge in [-0.05, 0) is 56.0 Å². The Hall–Kier alpha value is -2.31. The Kier molecular flexibility index (Phi) is 5.17. The Bertz CT molecular complexity index is 1120. The van der Waals surface area contributed by atoms with Crippen molar-refractivity contribution in [1.29, 1.82) is 0 Å². The second-order valence-corrected chi connectivity index (χ2v) is 8.44. The quantitative estimate of drug-likeness (QED) is 0.485. The molecule has 1 fully saturated rings. The molecular weight excluding hydrogens is 394 g/mol. The topological polar surface area (TPSA) is 64.0 Å². The number of hydrogen-bond donors (Lipinski definition) is 1. The summed E-state index contributed by atoms with van der Waals surface area (Å²) in [5, 5.41) is 4.61. The Morgan fingerprint density at radius 1 is 1.29 bits per heavy atom. The number of amides is 1. The number of aryl methyl sites for hydroxylation is 2. The molecular formula is C21H20ClN3O2S. The van der Waals surface area contributed by atoms with Crippen LogP contribution in [-0.4, -0.2) is 21.2 Å². The van der Waals surface area contributed by atoms with Crippen LogP contribution in [-0.2, 0) is 4.79 Å². The summed E-state index contributed by atoms with van der Waals surface area (Å²) in [7, 11) is 0. The lowest BCUT2D eigenvalue weighted by atomic mass is 10.1. The van der Waals surface area contributed by atoms with Gasteiger partial charge in [0.2, 0.25) is 5.91 Å². The van der Waals surface area contributed by atoms with Crippen LogP contribution in [0.15, 0.2) is 46.3 Å². The third-order valence-corrected chi connectivity index (χ3v) is 5.97. The number of halogens is 1. The van der Waals surface area contributed by atoms with Crippen molar-refractivity contribution < 1.29 is 4.79 Å². The van der Waals surface area contributed by atoms with Gasteiger partial charge in [0.05, 0.1) is 27.4 Å². The van der Waals surface area contributed by atoms with E-state index in [9.17, 15) is 9.59 Å². The molecule has 1 saturated carbocycles. The van der Waals surface area contributed by atoms with Crippen molar-refractivity contribution >= 4 is 45.9 Å². The van der Waals surface area contributed by atoms with E-state index in [4.69, 9.17) is 11.6 Å². The lowest BCUT2D eigenvalue weighted by Gasteiger charge is -2.13. The number of rotatable bonds is 5. The first-order valence-electron chi connectivity index (χ1n) is 9.14. The summed E-state index contributed by atoms with van der Waals surface area (Å²) in [6, 6.07) is 11.3. The fourth-order valence-electron chi connectivity index (χ4n) is 3.26. The Morgan fingerprint density at radius 2 is 2.04 bits per heavy atom. The molecule has 5 nitrogen and oxygen atoms in total. The predicted octanol–water partition coefficient (Wildman–Crippen LogP) is 4.73. The summed E-state index contributed by atoms with van der Waals surface area (Å²) >= 11 is 7.56. The molecule has 4 rings (SSSR count). The number of fused-ring (bicyclic) bond motifs is 1. The highest BCUT2D eigenvalue weighted by Crippen LogP contribution is 2.37. The minimum atomic E-state index is -0.177. The van der Waals surface area contributed by atoms with Gasteiger partial charge in [-0.1, -0.05) is 41.6 Å². The summed E-state index contributed by atoms with van der Waals surface area (Å²) in [6.07, 6.45) is 1.94. The monoisotopic (exact) mass is 413 g/mol. The number of benzene rings is 2. The average Bonchev–Trinajstić information content (AvgIpc) is 3.48. The summed E-state index contributed by atoms with van der Waals surface area (Å²) in [5.41, 5.74) is 3.22. The maximum atomic E-state index is 12.9. The van der Waals surface area contributed by atoms with Crippen molar-refractivity contribution in [3.63, 3.8) is 0 Å². The zero-order chi connectivity index (χ0) is 19.8. The van der Waals surface area contributed by atoms with E-state index in [1.807, 2.05) is 44.2 Å². The summed E-state index contributed by atoms with van der Waals surface area (Å²) in [5.74, 6) is -0.0233. The highest BCUT2D eigenvalue weighted by atomic mass is 35.5. The maximum absolute atomic E-state index is 12.9. The van der Waals surface area contributed by atoms with E-state index in [1.54, 1.807) is 10.6 Å². The molecule has 3 aromatic rings. The van der Waals surface area contributed by atoms with E-state index in [-0.39, 0.29) is 23.3 Å².